The number of likely N-dealkylation sites (tertiary alicyclic amines) is 1. The molecule has 2 rings (SSSR count). The molecule has 3 N–H and O–H groups in total. The summed E-state index contributed by atoms with van der Waals surface area (Å²) in [6.07, 6.45) is 5.35. The van der Waals surface area contributed by atoms with E-state index in [1.54, 1.807) is 0 Å². The van der Waals surface area contributed by atoms with Gasteiger partial charge in [0.05, 0.1) is 0 Å². The van der Waals surface area contributed by atoms with Gasteiger partial charge in [0, 0.05) is 31.7 Å². The molecule has 3 heteroatoms. The fourth-order valence-corrected chi connectivity index (χ4v) is 2.46. The highest BCUT2D eigenvalue weighted by molar-refractivity contribution is 4.92. The van der Waals surface area contributed by atoms with Crippen molar-refractivity contribution in [3.8, 4) is 0 Å². The van der Waals surface area contributed by atoms with Crippen molar-refractivity contribution in [1.29, 1.82) is 0 Å². The number of nitrogens with zero attached hydrogens (tertiary/aromatic N) is 1. The van der Waals surface area contributed by atoms with Gasteiger partial charge in [-0.1, -0.05) is 13.8 Å². The molecule has 1 aliphatic heterocycles. The Hall–Kier alpha value is -0.120. The highest BCUT2D eigenvalue weighted by Crippen LogP contribution is 2.30. The Morgan fingerprint density at radius 1 is 1.38 bits per heavy atom. The van der Waals surface area contributed by atoms with Gasteiger partial charge in [0.15, 0.2) is 0 Å². The lowest BCUT2D eigenvalue weighted by Crippen LogP contribution is -2.43. The van der Waals surface area contributed by atoms with Crippen LogP contribution >= 0.6 is 0 Å². The molecule has 2 atom stereocenters. The maximum absolute atomic E-state index is 5.84. The van der Waals surface area contributed by atoms with E-state index in [0.717, 1.165) is 25.6 Å². The van der Waals surface area contributed by atoms with Crippen LogP contribution in [0.3, 0.4) is 0 Å². The first-order chi connectivity index (χ1) is 7.67. The molecule has 0 aromatic rings. The minimum Gasteiger partial charge on any atom is -0.330 e. The summed E-state index contributed by atoms with van der Waals surface area (Å²) >= 11 is 0. The van der Waals surface area contributed by atoms with E-state index in [4.69, 9.17) is 5.73 Å². The van der Waals surface area contributed by atoms with E-state index >= 15 is 0 Å². The second-order valence-electron chi connectivity index (χ2n) is 5.96. The molecule has 2 fully saturated rings. The van der Waals surface area contributed by atoms with Gasteiger partial charge >= 0.3 is 0 Å². The maximum atomic E-state index is 5.84. The first-order valence-corrected chi connectivity index (χ1v) is 6.84. The van der Waals surface area contributed by atoms with Crippen LogP contribution in [0.25, 0.3) is 0 Å². The van der Waals surface area contributed by atoms with E-state index in [9.17, 15) is 0 Å². The number of nitrogens with two attached hydrogens (primary N) is 1. The maximum Gasteiger partial charge on any atom is 0.0207 e. The molecule has 2 unspecified atom stereocenters. The lowest BCUT2D eigenvalue weighted by atomic mass is 9.87. The highest BCUT2D eigenvalue weighted by atomic mass is 15.2. The summed E-state index contributed by atoms with van der Waals surface area (Å²) < 4.78 is 0. The molecule has 1 saturated heterocycles. The van der Waals surface area contributed by atoms with Crippen molar-refractivity contribution < 1.29 is 0 Å². The molecule has 0 radical (unpaired) electrons. The zero-order chi connectivity index (χ0) is 11.6. The van der Waals surface area contributed by atoms with E-state index in [0.29, 0.717) is 6.04 Å². The van der Waals surface area contributed by atoms with Gasteiger partial charge < -0.3 is 11.1 Å². The Kier molecular flexibility index (Phi) is 3.88. The first kappa shape index (κ1) is 12.3. The van der Waals surface area contributed by atoms with Crippen LogP contribution in [-0.4, -0.2) is 43.2 Å². The molecule has 0 bridgehead atoms. The zero-order valence-corrected chi connectivity index (χ0v) is 10.8. The van der Waals surface area contributed by atoms with Crippen LogP contribution < -0.4 is 11.1 Å². The van der Waals surface area contributed by atoms with Gasteiger partial charge in [0.1, 0.15) is 0 Å². The lowest BCUT2D eigenvalue weighted by molar-refractivity contribution is 0.276. The monoisotopic (exact) mass is 225 g/mol. The molecule has 2 aliphatic rings. The molecule has 0 amide bonds. The zero-order valence-electron chi connectivity index (χ0n) is 10.8. The van der Waals surface area contributed by atoms with E-state index < -0.39 is 0 Å². The summed E-state index contributed by atoms with van der Waals surface area (Å²) in [7, 11) is 0. The molecular formula is C13H27N3. The molecule has 0 aromatic carbocycles. The molecule has 94 valence electrons. The van der Waals surface area contributed by atoms with Crippen molar-refractivity contribution in [1.82, 2.24) is 10.2 Å². The van der Waals surface area contributed by atoms with Crippen LogP contribution in [-0.2, 0) is 0 Å². The van der Waals surface area contributed by atoms with Gasteiger partial charge in [-0.2, -0.15) is 0 Å². The van der Waals surface area contributed by atoms with Crippen molar-refractivity contribution in [3.05, 3.63) is 0 Å². The smallest absolute Gasteiger partial charge is 0.0207 e. The molecule has 0 aromatic heterocycles. The fourth-order valence-electron chi connectivity index (χ4n) is 2.46. The topological polar surface area (TPSA) is 41.3 Å². The van der Waals surface area contributed by atoms with Gasteiger partial charge in [0.25, 0.3) is 0 Å². The molecule has 0 spiro atoms. The van der Waals surface area contributed by atoms with Crippen molar-refractivity contribution in [2.24, 2.45) is 11.1 Å². The Morgan fingerprint density at radius 2 is 2.12 bits per heavy atom. The average molecular weight is 225 g/mol. The Labute approximate surface area is 99.8 Å². The number of nitrogens with one attached hydrogen (secondary N) is 1. The normalized spacial score (nSPS) is 30.6. The van der Waals surface area contributed by atoms with E-state index in [1.165, 1.54) is 32.4 Å². The number of rotatable bonds is 6. The first-order valence-electron chi connectivity index (χ1n) is 6.84. The third kappa shape index (κ3) is 2.96. The largest absolute Gasteiger partial charge is 0.330 e. The predicted molar refractivity (Wildman–Crippen MR) is 68.5 cm³/mol. The highest BCUT2D eigenvalue weighted by Gasteiger charge is 2.34. The van der Waals surface area contributed by atoms with Crippen LogP contribution in [0.15, 0.2) is 0 Å². The van der Waals surface area contributed by atoms with E-state index in [2.05, 4.69) is 24.1 Å². The number of hydrogen-bond donors (Lipinski definition) is 2. The quantitative estimate of drug-likeness (QED) is 0.713. The standard InChI is InChI=1S/C13H27N3/c1-3-13(2,9-14)10-15-11-6-7-16(8-11)12-4-5-12/h11-12,15H,3-10,14H2,1-2H3. The molecule has 1 saturated carbocycles. The van der Waals surface area contributed by atoms with Crippen LogP contribution in [0, 0.1) is 5.41 Å². The summed E-state index contributed by atoms with van der Waals surface area (Å²) in [4.78, 5) is 2.66. The minimum absolute atomic E-state index is 0.285. The predicted octanol–water partition coefficient (Wildman–Crippen LogP) is 1.19. The van der Waals surface area contributed by atoms with Gasteiger partial charge in [0.2, 0.25) is 0 Å². The molecule has 1 heterocycles. The molecule has 1 aliphatic carbocycles. The fraction of sp³-hybridized carbons (Fsp3) is 1.00. The SMILES string of the molecule is CCC(C)(CN)CNC1CCN(C2CC2)C1. The van der Waals surface area contributed by atoms with Crippen LogP contribution in [0.1, 0.15) is 39.5 Å². The van der Waals surface area contributed by atoms with Crippen molar-refractivity contribution in [2.45, 2.75) is 51.6 Å². The summed E-state index contributed by atoms with van der Waals surface area (Å²) in [5, 5.41) is 3.72. The Bertz CT molecular complexity index is 221. The summed E-state index contributed by atoms with van der Waals surface area (Å²) in [6.45, 7) is 8.94. The molecular weight excluding hydrogens is 198 g/mol. The van der Waals surface area contributed by atoms with E-state index in [-0.39, 0.29) is 5.41 Å². The lowest BCUT2D eigenvalue weighted by Gasteiger charge is -2.28. The van der Waals surface area contributed by atoms with Crippen LogP contribution in [0.4, 0.5) is 0 Å². The van der Waals surface area contributed by atoms with Gasteiger partial charge in [-0.15, -0.1) is 0 Å². The van der Waals surface area contributed by atoms with Crippen molar-refractivity contribution in [3.63, 3.8) is 0 Å². The van der Waals surface area contributed by atoms with Crippen molar-refractivity contribution >= 4 is 0 Å². The van der Waals surface area contributed by atoms with Crippen LogP contribution in [0.5, 0.6) is 0 Å². The summed E-state index contributed by atoms with van der Waals surface area (Å²) in [5.74, 6) is 0. The molecule has 3 nitrogen and oxygen atoms in total. The van der Waals surface area contributed by atoms with Gasteiger partial charge in [-0.3, -0.25) is 4.90 Å². The summed E-state index contributed by atoms with van der Waals surface area (Å²) in [6, 6.07) is 1.64. The number of hydrogen-bond acceptors (Lipinski definition) is 3. The third-order valence-electron chi connectivity index (χ3n) is 4.45. The van der Waals surface area contributed by atoms with Crippen molar-refractivity contribution in [2.75, 3.05) is 26.2 Å². The van der Waals surface area contributed by atoms with Gasteiger partial charge in [-0.25, -0.2) is 0 Å². The Balaban J connectivity index is 1.70. The third-order valence-corrected chi connectivity index (χ3v) is 4.45. The summed E-state index contributed by atoms with van der Waals surface area (Å²) in [5.41, 5.74) is 6.12. The van der Waals surface area contributed by atoms with Crippen LogP contribution in [0.2, 0.25) is 0 Å². The second kappa shape index (κ2) is 5.03. The Morgan fingerprint density at radius 3 is 2.69 bits per heavy atom. The van der Waals surface area contributed by atoms with Gasteiger partial charge in [-0.05, 0) is 37.6 Å². The second-order valence-corrected chi connectivity index (χ2v) is 5.96. The van der Waals surface area contributed by atoms with E-state index in [1.807, 2.05) is 0 Å². The minimum atomic E-state index is 0.285. The molecule has 16 heavy (non-hydrogen) atoms. The average Bonchev–Trinajstić information content (AvgIpc) is 3.06.